The van der Waals surface area contributed by atoms with E-state index in [4.69, 9.17) is 9.47 Å². The van der Waals surface area contributed by atoms with E-state index >= 15 is 0 Å². The molecule has 0 atom stereocenters. The van der Waals surface area contributed by atoms with Crippen molar-refractivity contribution >= 4 is 28.3 Å². The molecule has 0 fully saturated rings. The highest BCUT2D eigenvalue weighted by atomic mass is 32.1. The minimum absolute atomic E-state index is 0.233. The van der Waals surface area contributed by atoms with Gasteiger partial charge in [0.05, 0.1) is 11.1 Å². The smallest absolute Gasteiger partial charge is 0.308 e. The van der Waals surface area contributed by atoms with Crippen LogP contribution in [0.25, 0.3) is 22.4 Å². The number of hydrogen-bond donors (Lipinski definition) is 0. The summed E-state index contributed by atoms with van der Waals surface area (Å²) in [7, 11) is 0. The van der Waals surface area contributed by atoms with Gasteiger partial charge in [0.1, 0.15) is 0 Å². The maximum absolute atomic E-state index is 12.8. The minimum atomic E-state index is -0.426. The largest absolute Gasteiger partial charge is 0.490 e. The quantitative estimate of drug-likeness (QED) is 0.364. The molecule has 0 aliphatic heterocycles. The highest BCUT2D eigenvalue weighted by molar-refractivity contribution is 7.15. The lowest BCUT2D eigenvalue weighted by atomic mass is 10.1. The van der Waals surface area contributed by atoms with Crippen LogP contribution in [0.3, 0.4) is 0 Å². The summed E-state index contributed by atoms with van der Waals surface area (Å²) >= 11 is 1.27. The van der Waals surface area contributed by atoms with Gasteiger partial charge in [0.15, 0.2) is 17.3 Å². The van der Waals surface area contributed by atoms with Crippen LogP contribution in [0, 0.1) is 6.92 Å². The monoisotopic (exact) mass is 421 g/mol. The molecule has 0 saturated heterocycles. The number of carbonyl (C=O) groups excluding carboxylic acids is 1. The molecule has 152 valence electrons. The van der Waals surface area contributed by atoms with Gasteiger partial charge in [-0.15, -0.1) is 5.10 Å². The fraction of sp³-hybridized carbons (Fsp3) is 0.182. The number of aromatic nitrogens is 3. The van der Waals surface area contributed by atoms with Gasteiger partial charge < -0.3 is 9.47 Å². The Morgan fingerprint density at radius 2 is 1.93 bits per heavy atom. The van der Waals surface area contributed by atoms with Crippen LogP contribution in [-0.4, -0.2) is 27.2 Å². The second kappa shape index (κ2) is 8.08. The zero-order valence-corrected chi connectivity index (χ0v) is 17.5. The van der Waals surface area contributed by atoms with Crippen LogP contribution in [0.4, 0.5) is 0 Å². The molecule has 0 unspecified atom stereocenters. The maximum Gasteiger partial charge on any atom is 0.308 e. The van der Waals surface area contributed by atoms with Crippen molar-refractivity contribution in [1.29, 1.82) is 0 Å². The van der Waals surface area contributed by atoms with Crippen LogP contribution in [0.1, 0.15) is 25.0 Å². The van der Waals surface area contributed by atoms with Gasteiger partial charge in [-0.3, -0.25) is 9.59 Å². The van der Waals surface area contributed by atoms with Gasteiger partial charge in [0.2, 0.25) is 4.96 Å². The average molecular weight is 421 g/mol. The first-order chi connectivity index (χ1) is 14.4. The van der Waals surface area contributed by atoms with Crippen molar-refractivity contribution in [2.24, 2.45) is 0 Å². The number of benzene rings is 2. The molecule has 0 spiro atoms. The molecule has 8 heteroatoms. The molecule has 0 amide bonds. The number of aryl methyl sites for hydroxylation is 1. The third kappa shape index (κ3) is 3.95. The van der Waals surface area contributed by atoms with E-state index in [0.29, 0.717) is 33.4 Å². The number of nitrogens with zero attached hydrogens (tertiary/aromatic N) is 3. The van der Waals surface area contributed by atoms with Crippen molar-refractivity contribution in [2.75, 3.05) is 6.61 Å². The number of fused-ring (bicyclic) bond motifs is 1. The van der Waals surface area contributed by atoms with Crippen LogP contribution in [0.5, 0.6) is 11.5 Å². The van der Waals surface area contributed by atoms with E-state index in [0.717, 1.165) is 16.7 Å². The first-order valence-corrected chi connectivity index (χ1v) is 10.2. The molecule has 0 N–H and O–H groups in total. The van der Waals surface area contributed by atoms with Crippen LogP contribution >= 0.6 is 11.3 Å². The Hall–Kier alpha value is -3.52. The first-order valence-electron chi connectivity index (χ1n) is 9.38. The number of ether oxygens (including phenoxy) is 2. The minimum Gasteiger partial charge on any atom is -0.490 e. The molecule has 2 heterocycles. The fourth-order valence-corrected chi connectivity index (χ4v) is 3.84. The number of rotatable bonds is 5. The van der Waals surface area contributed by atoms with Crippen molar-refractivity contribution in [2.45, 2.75) is 20.8 Å². The fourth-order valence-electron chi connectivity index (χ4n) is 2.93. The Morgan fingerprint density at radius 3 is 2.60 bits per heavy atom. The van der Waals surface area contributed by atoms with Crippen molar-refractivity contribution in [3.8, 4) is 22.9 Å². The Bertz CT molecular complexity index is 1340. The second-order valence-corrected chi connectivity index (χ2v) is 7.65. The van der Waals surface area contributed by atoms with E-state index in [1.54, 1.807) is 24.3 Å². The lowest BCUT2D eigenvalue weighted by molar-refractivity contribution is -0.132. The van der Waals surface area contributed by atoms with E-state index < -0.39 is 5.97 Å². The molecule has 30 heavy (non-hydrogen) atoms. The summed E-state index contributed by atoms with van der Waals surface area (Å²) in [4.78, 5) is 29.1. The predicted molar refractivity (Wildman–Crippen MR) is 115 cm³/mol. The number of carbonyl (C=O) groups is 1. The summed E-state index contributed by atoms with van der Waals surface area (Å²) in [6.07, 6.45) is 1.75. The highest BCUT2D eigenvalue weighted by Gasteiger charge is 2.13. The van der Waals surface area contributed by atoms with Crippen molar-refractivity contribution in [3.05, 3.63) is 68.5 Å². The lowest BCUT2D eigenvalue weighted by Crippen LogP contribution is -2.23. The summed E-state index contributed by atoms with van der Waals surface area (Å²) in [5.41, 5.74) is 2.52. The first kappa shape index (κ1) is 19.8. The molecule has 0 aliphatic carbocycles. The van der Waals surface area contributed by atoms with Gasteiger partial charge in [0.25, 0.3) is 5.56 Å². The molecule has 2 aromatic carbocycles. The lowest BCUT2D eigenvalue weighted by Gasteiger charge is -2.10. The van der Waals surface area contributed by atoms with E-state index in [9.17, 15) is 9.59 Å². The predicted octanol–water partition coefficient (Wildman–Crippen LogP) is 3.00. The SMILES string of the molecule is CCOc1cc(/C=c2\sc3nc(-c4ccc(C)cc4)nn3c2=O)ccc1OC(C)=O. The summed E-state index contributed by atoms with van der Waals surface area (Å²) in [6.45, 7) is 5.60. The van der Waals surface area contributed by atoms with Crippen molar-refractivity contribution in [1.82, 2.24) is 14.6 Å². The topological polar surface area (TPSA) is 82.8 Å². The second-order valence-electron chi connectivity index (χ2n) is 6.64. The van der Waals surface area contributed by atoms with Gasteiger partial charge in [0, 0.05) is 12.5 Å². The van der Waals surface area contributed by atoms with E-state index in [1.165, 1.54) is 22.8 Å². The normalized spacial score (nSPS) is 11.8. The molecule has 0 bridgehead atoms. The Kier molecular flexibility index (Phi) is 5.33. The summed E-state index contributed by atoms with van der Waals surface area (Å²) in [5.74, 6) is 0.878. The summed E-state index contributed by atoms with van der Waals surface area (Å²) in [6, 6.07) is 13.0. The molecule has 0 radical (unpaired) electrons. The number of hydrogen-bond acceptors (Lipinski definition) is 7. The molecule has 4 rings (SSSR count). The molecule has 4 aromatic rings. The summed E-state index contributed by atoms with van der Waals surface area (Å²) < 4.78 is 12.6. The molecule has 7 nitrogen and oxygen atoms in total. The summed E-state index contributed by atoms with van der Waals surface area (Å²) in [5, 5.41) is 4.37. The molecule has 0 saturated carbocycles. The van der Waals surface area contributed by atoms with Gasteiger partial charge in [-0.25, -0.2) is 0 Å². The zero-order chi connectivity index (χ0) is 21.3. The Balaban J connectivity index is 1.72. The van der Waals surface area contributed by atoms with Gasteiger partial charge in [-0.05, 0) is 37.6 Å². The molecule has 0 aliphatic rings. The Labute approximate surface area is 176 Å². The van der Waals surface area contributed by atoms with Gasteiger partial charge in [-0.1, -0.05) is 47.2 Å². The molecular weight excluding hydrogens is 402 g/mol. The van der Waals surface area contributed by atoms with Crippen LogP contribution < -0.4 is 19.6 Å². The van der Waals surface area contributed by atoms with Gasteiger partial charge >= 0.3 is 5.97 Å². The van der Waals surface area contributed by atoms with E-state index in [2.05, 4.69) is 10.1 Å². The van der Waals surface area contributed by atoms with Crippen LogP contribution in [0.2, 0.25) is 0 Å². The van der Waals surface area contributed by atoms with E-state index in [-0.39, 0.29) is 5.56 Å². The molecule has 2 aromatic heterocycles. The standard InChI is InChI=1S/C22H19N3O4S/c1-4-28-18-11-15(7-10-17(18)29-14(3)26)12-19-21(27)25-22(30-19)23-20(24-25)16-8-5-13(2)6-9-16/h5-12H,4H2,1-3H3/b19-12-. The zero-order valence-electron chi connectivity index (χ0n) is 16.7. The van der Waals surface area contributed by atoms with E-state index in [1.807, 2.05) is 38.1 Å². The highest BCUT2D eigenvalue weighted by Crippen LogP contribution is 2.29. The number of thiazole rings is 1. The third-order valence-corrected chi connectivity index (χ3v) is 5.27. The number of esters is 1. The Morgan fingerprint density at radius 1 is 1.17 bits per heavy atom. The maximum atomic E-state index is 12.8. The molecular formula is C22H19N3O4S. The van der Waals surface area contributed by atoms with Crippen molar-refractivity contribution in [3.63, 3.8) is 0 Å². The van der Waals surface area contributed by atoms with Crippen molar-refractivity contribution < 1.29 is 14.3 Å². The van der Waals surface area contributed by atoms with Crippen LogP contribution in [-0.2, 0) is 4.79 Å². The average Bonchev–Trinajstić information content (AvgIpc) is 3.24. The third-order valence-electron chi connectivity index (χ3n) is 4.31. The van der Waals surface area contributed by atoms with Gasteiger partial charge in [-0.2, -0.15) is 9.50 Å². The van der Waals surface area contributed by atoms with Crippen LogP contribution in [0.15, 0.2) is 47.3 Å².